The average molecular weight is 552 g/mol. The van der Waals surface area contributed by atoms with Gasteiger partial charge < -0.3 is 14.2 Å². The number of amides is 1. The van der Waals surface area contributed by atoms with Crippen molar-refractivity contribution in [2.45, 2.75) is 0 Å². The Morgan fingerprint density at radius 3 is 2.58 bits per heavy atom. The molecule has 0 radical (unpaired) electrons. The first-order valence-electron chi connectivity index (χ1n) is 9.42. The van der Waals surface area contributed by atoms with Crippen molar-refractivity contribution in [2.24, 2.45) is 5.10 Å². The number of ether oxygens (including phenoxy) is 3. The van der Waals surface area contributed by atoms with E-state index >= 15 is 0 Å². The van der Waals surface area contributed by atoms with Gasteiger partial charge in [-0.05, 0) is 54.1 Å². The highest BCUT2D eigenvalue weighted by atomic mass is 79.9. The van der Waals surface area contributed by atoms with Crippen molar-refractivity contribution in [3.05, 3.63) is 86.3 Å². The van der Waals surface area contributed by atoms with Crippen molar-refractivity contribution in [1.82, 2.24) is 5.43 Å². The highest BCUT2D eigenvalue weighted by molar-refractivity contribution is 9.10. The standard InChI is InChI=1S/C23H17BrCl2N2O5/c1-31-20-10-14(8-9-18(20)33-23(30)15-4-2-5-16(24)11-15)12-27-28-21(29)13-32-19-7-3-6-17(25)22(19)26/h2-12H,13H2,1H3,(H,28,29). The summed E-state index contributed by atoms with van der Waals surface area (Å²) in [7, 11) is 1.45. The maximum absolute atomic E-state index is 12.4. The molecule has 0 aliphatic rings. The molecule has 0 aromatic heterocycles. The Balaban J connectivity index is 1.58. The Hall–Kier alpha value is -3.07. The zero-order valence-corrected chi connectivity index (χ0v) is 20.3. The van der Waals surface area contributed by atoms with Gasteiger partial charge in [-0.1, -0.05) is 51.3 Å². The van der Waals surface area contributed by atoms with Gasteiger partial charge >= 0.3 is 5.97 Å². The molecule has 3 rings (SSSR count). The fraction of sp³-hybridized carbons (Fsp3) is 0.0870. The van der Waals surface area contributed by atoms with Crippen LogP contribution in [0.4, 0.5) is 0 Å². The fourth-order valence-corrected chi connectivity index (χ4v) is 3.32. The Morgan fingerprint density at radius 2 is 1.82 bits per heavy atom. The van der Waals surface area contributed by atoms with E-state index in [0.717, 1.165) is 4.47 Å². The van der Waals surface area contributed by atoms with Gasteiger partial charge in [-0.2, -0.15) is 5.10 Å². The molecule has 0 saturated heterocycles. The van der Waals surface area contributed by atoms with Crippen LogP contribution in [0, 0.1) is 0 Å². The lowest BCUT2D eigenvalue weighted by atomic mass is 10.2. The average Bonchev–Trinajstić information content (AvgIpc) is 2.80. The minimum atomic E-state index is -0.525. The summed E-state index contributed by atoms with van der Waals surface area (Å²) in [6.45, 7) is -0.300. The number of carbonyl (C=O) groups excluding carboxylic acids is 2. The molecule has 0 spiro atoms. The van der Waals surface area contributed by atoms with E-state index in [-0.39, 0.29) is 17.4 Å². The molecule has 0 aliphatic heterocycles. The Labute approximate surface area is 208 Å². The molecule has 0 fully saturated rings. The molecule has 0 saturated carbocycles. The molecular weight excluding hydrogens is 535 g/mol. The predicted octanol–water partition coefficient (Wildman–Crippen LogP) is 5.51. The number of rotatable bonds is 8. The molecule has 0 heterocycles. The molecule has 33 heavy (non-hydrogen) atoms. The first-order chi connectivity index (χ1) is 15.9. The SMILES string of the molecule is COc1cc(C=NNC(=O)COc2cccc(Cl)c2Cl)ccc1OC(=O)c1cccc(Br)c1. The van der Waals surface area contributed by atoms with Gasteiger partial charge in [-0.15, -0.1) is 0 Å². The van der Waals surface area contributed by atoms with E-state index < -0.39 is 11.9 Å². The van der Waals surface area contributed by atoms with Crippen LogP contribution in [0.25, 0.3) is 0 Å². The minimum absolute atomic E-state index is 0.225. The quantitative estimate of drug-likeness (QED) is 0.172. The molecule has 0 aliphatic carbocycles. The summed E-state index contributed by atoms with van der Waals surface area (Å²) in [5.41, 5.74) is 3.34. The van der Waals surface area contributed by atoms with Crippen LogP contribution < -0.4 is 19.6 Å². The van der Waals surface area contributed by atoms with E-state index in [1.54, 1.807) is 54.6 Å². The Morgan fingerprint density at radius 1 is 1.03 bits per heavy atom. The van der Waals surface area contributed by atoms with Crippen molar-refractivity contribution in [3.8, 4) is 17.2 Å². The van der Waals surface area contributed by atoms with Gasteiger partial charge in [-0.25, -0.2) is 10.2 Å². The molecule has 0 bridgehead atoms. The first kappa shape index (κ1) is 24.6. The molecule has 7 nitrogen and oxygen atoms in total. The highest BCUT2D eigenvalue weighted by Gasteiger charge is 2.13. The molecule has 0 atom stereocenters. The second-order valence-corrected chi connectivity index (χ2v) is 8.14. The number of methoxy groups -OCH3 is 1. The normalized spacial score (nSPS) is 10.7. The third-order valence-electron chi connectivity index (χ3n) is 4.13. The smallest absolute Gasteiger partial charge is 0.343 e. The van der Waals surface area contributed by atoms with Gasteiger partial charge in [0.1, 0.15) is 10.8 Å². The largest absolute Gasteiger partial charge is 0.493 e. The van der Waals surface area contributed by atoms with Crippen LogP contribution in [0.2, 0.25) is 10.0 Å². The van der Waals surface area contributed by atoms with Crippen LogP contribution in [0.5, 0.6) is 17.2 Å². The van der Waals surface area contributed by atoms with Crippen LogP contribution in [0.3, 0.4) is 0 Å². The van der Waals surface area contributed by atoms with Gasteiger partial charge in [0.25, 0.3) is 5.91 Å². The number of benzene rings is 3. The molecular formula is C23H17BrCl2N2O5. The van der Waals surface area contributed by atoms with Gasteiger partial charge in [0.15, 0.2) is 18.1 Å². The van der Waals surface area contributed by atoms with Crippen molar-refractivity contribution in [1.29, 1.82) is 0 Å². The summed E-state index contributed by atoms with van der Waals surface area (Å²) in [6, 6.07) is 16.6. The lowest BCUT2D eigenvalue weighted by Crippen LogP contribution is -2.24. The van der Waals surface area contributed by atoms with Gasteiger partial charge in [0.2, 0.25) is 0 Å². The molecule has 1 amide bonds. The van der Waals surface area contributed by atoms with Crippen LogP contribution in [-0.4, -0.2) is 31.8 Å². The summed E-state index contributed by atoms with van der Waals surface area (Å²) in [5, 5.41) is 4.44. The van der Waals surface area contributed by atoms with Crippen molar-refractivity contribution < 1.29 is 23.8 Å². The lowest BCUT2D eigenvalue weighted by molar-refractivity contribution is -0.123. The van der Waals surface area contributed by atoms with E-state index in [4.69, 9.17) is 37.4 Å². The number of carbonyl (C=O) groups is 2. The third kappa shape index (κ3) is 6.95. The van der Waals surface area contributed by atoms with Crippen LogP contribution >= 0.6 is 39.1 Å². The number of nitrogens with zero attached hydrogens (tertiary/aromatic N) is 1. The maximum atomic E-state index is 12.4. The first-order valence-corrected chi connectivity index (χ1v) is 11.0. The summed E-state index contributed by atoms with van der Waals surface area (Å²) >= 11 is 15.2. The number of hydrogen-bond acceptors (Lipinski definition) is 6. The summed E-state index contributed by atoms with van der Waals surface area (Å²) in [4.78, 5) is 24.3. The molecule has 3 aromatic rings. The third-order valence-corrected chi connectivity index (χ3v) is 5.42. The molecule has 170 valence electrons. The second kappa shape index (κ2) is 11.7. The van der Waals surface area contributed by atoms with Gasteiger partial charge in [0, 0.05) is 4.47 Å². The van der Waals surface area contributed by atoms with E-state index in [1.165, 1.54) is 13.3 Å². The topological polar surface area (TPSA) is 86.2 Å². The Kier molecular flexibility index (Phi) is 8.71. The van der Waals surface area contributed by atoms with E-state index in [2.05, 4.69) is 26.5 Å². The van der Waals surface area contributed by atoms with Crippen LogP contribution in [0.15, 0.2) is 70.2 Å². The van der Waals surface area contributed by atoms with Crippen molar-refractivity contribution in [3.63, 3.8) is 0 Å². The second-order valence-electron chi connectivity index (χ2n) is 6.44. The number of nitrogens with one attached hydrogen (secondary N) is 1. The molecule has 1 N–H and O–H groups in total. The number of halogens is 3. The summed E-state index contributed by atoms with van der Waals surface area (Å²) in [6.07, 6.45) is 1.41. The zero-order valence-electron chi connectivity index (χ0n) is 17.2. The maximum Gasteiger partial charge on any atom is 0.343 e. The molecule has 0 unspecified atom stereocenters. The summed E-state index contributed by atoms with van der Waals surface area (Å²) < 4.78 is 16.8. The van der Waals surface area contributed by atoms with E-state index in [1.807, 2.05) is 6.07 Å². The number of hydrazone groups is 1. The number of esters is 1. The van der Waals surface area contributed by atoms with Crippen LogP contribution in [0.1, 0.15) is 15.9 Å². The summed E-state index contributed by atoms with van der Waals surface area (Å²) in [5.74, 6) is -0.152. The van der Waals surface area contributed by atoms with Crippen molar-refractivity contribution >= 4 is 57.2 Å². The van der Waals surface area contributed by atoms with E-state index in [0.29, 0.717) is 27.6 Å². The lowest BCUT2D eigenvalue weighted by Gasteiger charge is -2.10. The van der Waals surface area contributed by atoms with Crippen molar-refractivity contribution in [2.75, 3.05) is 13.7 Å². The highest BCUT2D eigenvalue weighted by Crippen LogP contribution is 2.31. The minimum Gasteiger partial charge on any atom is -0.493 e. The molecule has 3 aromatic carbocycles. The van der Waals surface area contributed by atoms with Gasteiger partial charge in [-0.3, -0.25) is 4.79 Å². The zero-order chi connectivity index (χ0) is 23.8. The van der Waals surface area contributed by atoms with Gasteiger partial charge in [0.05, 0.1) is 23.9 Å². The number of hydrogen-bond donors (Lipinski definition) is 1. The predicted molar refractivity (Wildman–Crippen MR) is 130 cm³/mol. The van der Waals surface area contributed by atoms with Crippen LogP contribution in [-0.2, 0) is 4.79 Å². The molecule has 10 heteroatoms. The Bertz CT molecular complexity index is 1200. The monoisotopic (exact) mass is 550 g/mol. The van der Waals surface area contributed by atoms with E-state index in [9.17, 15) is 9.59 Å². The fourth-order valence-electron chi connectivity index (χ4n) is 2.57.